The van der Waals surface area contributed by atoms with E-state index in [-0.39, 0.29) is 6.10 Å². The highest BCUT2D eigenvalue weighted by atomic mass is 16.6. The number of hydrogen-bond acceptors (Lipinski definition) is 7. The summed E-state index contributed by atoms with van der Waals surface area (Å²) in [6.45, 7) is 9.28. The average Bonchev–Trinajstić information content (AvgIpc) is 3.39. The van der Waals surface area contributed by atoms with Crippen LogP contribution in [0.5, 0.6) is 5.75 Å². The molecule has 0 spiro atoms. The van der Waals surface area contributed by atoms with Crippen LogP contribution in [-0.4, -0.2) is 32.5 Å². The highest BCUT2D eigenvalue weighted by Crippen LogP contribution is 2.29. The normalized spacial score (nSPS) is 11.5. The van der Waals surface area contributed by atoms with Crippen molar-refractivity contribution in [1.82, 2.24) is 14.7 Å². The molecule has 0 saturated heterocycles. The van der Waals surface area contributed by atoms with Crippen LogP contribution in [0.25, 0.3) is 33.7 Å². The molecule has 0 aliphatic rings. The van der Waals surface area contributed by atoms with Gasteiger partial charge in [0.1, 0.15) is 17.4 Å². The van der Waals surface area contributed by atoms with E-state index in [0.717, 1.165) is 16.5 Å². The number of carbonyl (C=O) groups is 1. The van der Waals surface area contributed by atoms with Gasteiger partial charge in [0.05, 0.1) is 17.2 Å². The standard InChI is InChI=1S/C25H24N4O4/c1-15(2)31-21-9-7-18(13-19(21)14-26)23-27-22(28-33-23)17-6-8-20-16(12-17)10-11-29(20)24(30)32-25(3,4)5/h6-13,15H,1-5H3. The van der Waals surface area contributed by atoms with Gasteiger partial charge < -0.3 is 14.0 Å². The lowest BCUT2D eigenvalue weighted by Crippen LogP contribution is -2.26. The Morgan fingerprint density at radius 2 is 1.88 bits per heavy atom. The molecule has 168 valence electrons. The van der Waals surface area contributed by atoms with Crippen molar-refractivity contribution in [3.8, 4) is 34.7 Å². The van der Waals surface area contributed by atoms with E-state index < -0.39 is 11.7 Å². The molecular weight excluding hydrogens is 420 g/mol. The molecule has 0 unspecified atom stereocenters. The fourth-order valence-electron chi connectivity index (χ4n) is 3.32. The van der Waals surface area contributed by atoms with E-state index in [4.69, 9.17) is 14.0 Å². The summed E-state index contributed by atoms with van der Waals surface area (Å²) in [5.74, 6) is 1.21. The third-order valence-electron chi connectivity index (χ3n) is 4.67. The van der Waals surface area contributed by atoms with Gasteiger partial charge >= 0.3 is 6.09 Å². The van der Waals surface area contributed by atoms with Gasteiger partial charge in [0, 0.05) is 22.7 Å². The molecule has 8 heteroatoms. The summed E-state index contributed by atoms with van der Waals surface area (Å²) in [4.78, 5) is 16.9. The maximum atomic E-state index is 12.5. The largest absolute Gasteiger partial charge is 0.490 e. The lowest BCUT2D eigenvalue weighted by molar-refractivity contribution is 0.0544. The first kappa shape index (κ1) is 22.1. The molecule has 0 amide bonds. The lowest BCUT2D eigenvalue weighted by atomic mass is 10.1. The van der Waals surface area contributed by atoms with Gasteiger partial charge in [0.15, 0.2) is 0 Å². The van der Waals surface area contributed by atoms with Crippen LogP contribution in [0.3, 0.4) is 0 Å². The van der Waals surface area contributed by atoms with E-state index >= 15 is 0 Å². The Balaban J connectivity index is 1.62. The Morgan fingerprint density at radius 1 is 1.12 bits per heavy atom. The number of rotatable bonds is 4. The third-order valence-corrected chi connectivity index (χ3v) is 4.67. The first-order chi connectivity index (χ1) is 15.6. The van der Waals surface area contributed by atoms with E-state index in [9.17, 15) is 10.1 Å². The Hall–Kier alpha value is -4.12. The minimum Gasteiger partial charge on any atom is -0.490 e. The fourth-order valence-corrected chi connectivity index (χ4v) is 3.32. The molecule has 0 aliphatic carbocycles. The van der Waals surface area contributed by atoms with Crippen molar-refractivity contribution in [2.45, 2.75) is 46.3 Å². The summed E-state index contributed by atoms with van der Waals surface area (Å²) >= 11 is 0. The van der Waals surface area contributed by atoms with Gasteiger partial charge in [-0.3, -0.25) is 4.57 Å². The summed E-state index contributed by atoms with van der Waals surface area (Å²) in [5.41, 5.74) is 1.89. The predicted molar refractivity (Wildman–Crippen MR) is 123 cm³/mol. The second-order valence-electron chi connectivity index (χ2n) is 8.85. The maximum absolute atomic E-state index is 12.5. The van der Waals surface area contributed by atoms with Crippen molar-refractivity contribution in [3.05, 3.63) is 54.2 Å². The molecule has 0 N–H and O–H groups in total. The summed E-state index contributed by atoms with van der Waals surface area (Å²) in [5, 5.41) is 14.4. The molecule has 0 atom stereocenters. The van der Waals surface area contributed by atoms with E-state index in [2.05, 4.69) is 16.2 Å². The Bertz CT molecular complexity index is 1370. The molecule has 2 aromatic heterocycles. The topological polar surface area (TPSA) is 103 Å². The molecule has 0 saturated carbocycles. The van der Waals surface area contributed by atoms with Crippen molar-refractivity contribution in [1.29, 1.82) is 5.26 Å². The van der Waals surface area contributed by atoms with Crippen LogP contribution < -0.4 is 4.74 Å². The Labute approximate surface area is 191 Å². The second-order valence-corrected chi connectivity index (χ2v) is 8.85. The molecule has 0 bridgehead atoms. The van der Waals surface area contributed by atoms with E-state index in [1.807, 2.05) is 58.9 Å². The number of aromatic nitrogens is 3. The van der Waals surface area contributed by atoms with Crippen LogP contribution in [-0.2, 0) is 4.74 Å². The maximum Gasteiger partial charge on any atom is 0.418 e. The van der Waals surface area contributed by atoms with Crippen LogP contribution in [0.2, 0.25) is 0 Å². The number of ether oxygens (including phenoxy) is 2. The Morgan fingerprint density at radius 3 is 2.58 bits per heavy atom. The summed E-state index contributed by atoms with van der Waals surface area (Å²) < 4.78 is 18.0. The van der Waals surface area contributed by atoms with E-state index in [1.54, 1.807) is 24.4 Å². The molecule has 33 heavy (non-hydrogen) atoms. The highest BCUT2D eigenvalue weighted by molar-refractivity contribution is 5.91. The molecule has 8 nitrogen and oxygen atoms in total. The summed E-state index contributed by atoms with van der Waals surface area (Å²) in [6, 6.07) is 14.7. The molecular formula is C25H24N4O4. The van der Waals surface area contributed by atoms with Gasteiger partial charge in [0.25, 0.3) is 5.89 Å². The number of benzene rings is 2. The number of nitrogens with zero attached hydrogens (tertiary/aromatic N) is 4. The molecule has 4 aromatic rings. The van der Waals surface area contributed by atoms with Crippen LogP contribution in [0, 0.1) is 11.3 Å². The first-order valence-corrected chi connectivity index (χ1v) is 10.5. The summed E-state index contributed by atoms with van der Waals surface area (Å²) in [7, 11) is 0. The van der Waals surface area contributed by atoms with Gasteiger partial charge in [-0.25, -0.2) is 4.79 Å². The highest BCUT2D eigenvalue weighted by Gasteiger charge is 2.20. The van der Waals surface area contributed by atoms with Crippen LogP contribution in [0.15, 0.2) is 53.2 Å². The SMILES string of the molecule is CC(C)Oc1ccc(-c2nc(-c3ccc4c(ccn4C(=O)OC(C)(C)C)c3)no2)cc1C#N. The molecule has 2 aromatic carbocycles. The Kier molecular flexibility index (Phi) is 5.64. The van der Waals surface area contributed by atoms with Crippen molar-refractivity contribution >= 4 is 17.0 Å². The first-order valence-electron chi connectivity index (χ1n) is 10.5. The monoisotopic (exact) mass is 444 g/mol. The van der Waals surface area contributed by atoms with Crippen molar-refractivity contribution in [2.75, 3.05) is 0 Å². The molecule has 4 rings (SSSR count). The van der Waals surface area contributed by atoms with E-state index in [0.29, 0.717) is 28.6 Å². The number of fused-ring (bicyclic) bond motifs is 1. The van der Waals surface area contributed by atoms with Crippen LogP contribution in [0.1, 0.15) is 40.2 Å². The number of hydrogen-bond donors (Lipinski definition) is 0. The van der Waals surface area contributed by atoms with Crippen molar-refractivity contribution < 1.29 is 18.8 Å². The lowest BCUT2D eigenvalue weighted by Gasteiger charge is -2.19. The quantitative estimate of drug-likeness (QED) is 0.392. The van der Waals surface area contributed by atoms with E-state index in [1.165, 1.54) is 4.57 Å². The zero-order valence-electron chi connectivity index (χ0n) is 19.1. The average molecular weight is 444 g/mol. The zero-order valence-corrected chi connectivity index (χ0v) is 19.1. The molecule has 0 aliphatic heterocycles. The number of nitriles is 1. The fraction of sp³-hybridized carbons (Fsp3) is 0.280. The predicted octanol–water partition coefficient (Wildman–Crippen LogP) is 5.80. The molecule has 0 radical (unpaired) electrons. The molecule has 0 fully saturated rings. The van der Waals surface area contributed by atoms with Crippen molar-refractivity contribution in [2.24, 2.45) is 0 Å². The van der Waals surface area contributed by atoms with Crippen molar-refractivity contribution in [3.63, 3.8) is 0 Å². The zero-order chi connectivity index (χ0) is 23.8. The van der Waals surface area contributed by atoms with Gasteiger partial charge in [-0.15, -0.1) is 0 Å². The minimum absolute atomic E-state index is 0.0435. The van der Waals surface area contributed by atoms with Gasteiger partial charge in [-0.2, -0.15) is 10.2 Å². The summed E-state index contributed by atoms with van der Waals surface area (Å²) in [6.07, 6.45) is 1.19. The van der Waals surface area contributed by atoms with Crippen LogP contribution >= 0.6 is 0 Å². The van der Waals surface area contributed by atoms with Gasteiger partial charge in [-0.1, -0.05) is 5.16 Å². The van der Waals surface area contributed by atoms with Gasteiger partial charge in [-0.05, 0) is 77.1 Å². The smallest absolute Gasteiger partial charge is 0.418 e. The third kappa shape index (κ3) is 4.72. The van der Waals surface area contributed by atoms with Crippen LogP contribution in [0.4, 0.5) is 4.79 Å². The second kappa shape index (κ2) is 8.43. The van der Waals surface area contributed by atoms with Gasteiger partial charge in [0.2, 0.25) is 5.82 Å². The molecule has 2 heterocycles. The number of carbonyl (C=O) groups excluding carboxylic acids is 1. The minimum atomic E-state index is -0.584.